The fourth-order valence-corrected chi connectivity index (χ4v) is 3.80. The van der Waals surface area contributed by atoms with E-state index in [2.05, 4.69) is 10.0 Å². The molecule has 2 rings (SSSR count). The van der Waals surface area contributed by atoms with Crippen molar-refractivity contribution >= 4 is 27.6 Å². The summed E-state index contributed by atoms with van der Waals surface area (Å²) in [6, 6.07) is 13.8. The molecule has 0 radical (unpaired) electrons. The Morgan fingerprint density at radius 1 is 1.07 bits per heavy atom. The Morgan fingerprint density at radius 3 is 2.39 bits per heavy atom. The normalized spacial score (nSPS) is 12.2. The van der Waals surface area contributed by atoms with Crippen LogP contribution in [0.15, 0.2) is 53.4 Å². The molecule has 7 nitrogen and oxygen atoms in total. The lowest BCUT2D eigenvalue weighted by Crippen LogP contribution is -2.32. The number of benzene rings is 2. The maximum absolute atomic E-state index is 12.4. The molecular formula is C20H24N2O5S. The summed E-state index contributed by atoms with van der Waals surface area (Å²) in [6.07, 6.45) is -1.18. The van der Waals surface area contributed by atoms with Crippen molar-refractivity contribution in [2.45, 2.75) is 38.2 Å². The molecule has 0 heterocycles. The monoisotopic (exact) mass is 404 g/mol. The van der Waals surface area contributed by atoms with Crippen LogP contribution in [0.1, 0.15) is 24.5 Å². The molecule has 0 saturated carbocycles. The summed E-state index contributed by atoms with van der Waals surface area (Å²) in [5.41, 5.74) is 2.18. The predicted octanol–water partition coefficient (Wildman–Crippen LogP) is 2.54. The Hall–Kier alpha value is -2.71. The number of carbonyl (C=O) groups excluding carboxylic acids is 2. The van der Waals surface area contributed by atoms with Gasteiger partial charge in [0.15, 0.2) is 6.10 Å². The lowest BCUT2D eigenvalue weighted by Gasteiger charge is -2.14. The Labute approximate surface area is 165 Å². The van der Waals surface area contributed by atoms with Gasteiger partial charge >= 0.3 is 5.97 Å². The Balaban J connectivity index is 1.82. The number of rotatable bonds is 8. The minimum Gasteiger partial charge on any atom is -0.452 e. The summed E-state index contributed by atoms with van der Waals surface area (Å²) in [5, 5.41) is 2.63. The van der Waals surface area contributed by atoms with Gasteiger partial charge in [0.25, 0.3) is 5.91 Å². The lowest BCUT2D eigenvalue weighted by atomic mass is 10.2. The molecule has 150 valence electrons. The largest absolute Gasteiger partial charge is 0.452 e. The van der Waals surface area contributed by atoms with E-state index in [-0.39, 0.29) is 17.9 Å². The van der Waals surface area contributed by atoms with Crippen molar-refractivity contribution in [1.29, 1.82) is 0 Å². The first-order valence-electron chi connectivity index (χ1n) is 8.81. The van der Waals surface area contributed by atoms with E-state index in [1.54, 1.807) is 43.3 Å². The standard InChI is InChI=1S/C20H24N2O5S/c1-14-9-10-18(15(2)13-14)28(25,26)21-12-11-19(23)27-16(3)20(24)22-17-7-5-4-6-8-17/h4-10,13,16,21H,11-12H2,1-3H3,(H,22,24)/t16-/m0/s1. The van der Waals surface area contributed by atoms with Gasteiger partial charge in [-0.25, -0.2) is 13.1 Å². The number of hydrogen-bond donors (Lipinski definition) is 2. The van der Waals surface area contributed by atoms with Crippen molar-refractivity contribution in [2.24, 2.45) is 0 Å². The molecule has 0 unspecified atom stereocenters. The fraction of sp³-hybridized carbons (Fsp3) is 0.300. The summed E-state index contributed by atoms with van der Waals surface area (Å²) >= 11 is 0. The molecule has 2 N–H and O–H groups in total. The van der Waals surface area contributed by atoms with Crippen molar-refractivity contribution in [1.82, 2.24) is 4.72 Å². The Morgan fingerprint density at radius 2 is 1.75 bits per heavy atom. The summed E-state index contributed by atoms with van der Waals surface area (Å²) in [6.45, 7) is 4.92. The smallest absolute Gasteiger partial charge is 0.307 e. The average Bonchev–Trinajstić information content (AvgIpc) is 2.61. The fourth-order valence-electron chi connectivity index (χ4n) is 2.54. The molecule has 2 aromatic rings. The van der Waals surface area contributed by atoms with Gasteiger partial charge in [-0.05, 0) is 44.5 Å². The number of ether oxygens (including phenoxy) is 1. The third kappa shape index (κ3) is 6.17. The van der Waals surface area contributed by atoms with Gasteiger partial charge in [-0.15, -0.1) is 0 Å². The van der Waals surface area contributed by atoms with Crippen molar-refractivity contribution in [3.63, 3.8) is 0 Å². The van der Waals surface area contributed by atoms with Crippen molar-refractivity contribution in [3.05, 3.63) is 59.7 Å². The molecule has 0 aromatic heterocycles. The van der Waals surface area contributed by atoms with Crippen LogP contribution in [-0.4, -0.2) is 32.9 Å². The van der Waals surface area contributed by atoms with Gasteiger partial charge < -0.3 is 10.1 Å². The minimum atomic E-state index is -3.73. The number of amides is 1. The molecule has 1 atom stereocenters. The van der Waals surface area contributed by atoms with E-state index in [4.69, 9.17) is 4.74 Å². The highest BCUT2D eigenvalue weighted by Gasteiger charge is 2.20. The third-order valence-corrected chi connectivity index (χ3v) is 5.58. The summed E-state index contributed by atoms with van der Waals surface area (Å²) in [4.78, 5) is 24.1. The number of esters is 1. The van der Waals surface area contributed by atoms with Crippen LogP contribution in [0.5, 0.6) is 0 Å². The first-order chi connectivity index (χ1) is 13.2. The number of para-hydroxylation sites is 1. The molecule has 0 spiro atoms. The van der Waals surface area contributed by atoms with E-state index in [9.17, 15) is 18.0 Å². The maximum Gasteiger partial charge on any atom is 0.307 e. The Bertz CT molecular complexity index is 942. The van der Waals surface area contributed by atoms with E-state index >= 15 is 0 Å². The summed E-state index contributed by atoms with van der Waals surface area (Å²) < 4.78 is 32.1. The first-order valence-corrected chi connectivity index (χ1v) is 10.3. The summed E-state index contributed by atoms with van der Waals surface area (Å²) in [7, 11) is -3.73. The first kappa shape index (κ1) is 21.6. The molecule has 28 heavy (non-hydrogen) atoms. The highest BCUT2D eigenvalue weighted by molar-refractivity contribution is 7.89. The SMILES string of the molecule is Cc1ccc(S(=O)(=O)NCCC(=O)O[C@@H](C)C(=O)Nc2ccccc2)c(C)c1. The van der Waals surface area contributed by atoms with Gasteiger partial charge in [0.2, 0.25) is 10.0 Å². The van der Waals surface area contributed by atoms with E-state index in [0.717, 1.165) is 5.56 Å². The predicted molar refractivity (Wildman–Crippen MR) is 106 cm³/mol. The van der Waals surface area contributed by atoms with Gasteiger partial charge in [0.05, 0.1) is 11.3 Å². The van der Waals surface area contributed by atoms with Gasteiger partial charge in [0, 0.05) is 12.2 Å². The molecule has 0 aliphatic carbocycles. The zero-order chi connectivity index (χ0) is 20.7. The molecule has 0 saturated heterocycles. The zero-order valence-corrected chi connectivity index (χ0v) is 16.9. The van der Waals surface area contributed by atoms with Crippen molar-refractivity contribution < 1.29 is 22.7 Å². The molecule has 0 aliphatic rings. The third-order valence-electron chi connectivity index (χ3n) is 3.96. The lowest BCUT2D eigenvalue weighted by molar-refractivity contribution is -0.152. The van der Waals surface area contributed by atoms with E-state index in [1.165, 1.54) is 13.0 Å². The van der Waals surface area contributed by atoms with Gasteiger partial charge in [0.1, 0.15) is 0 Å². The summed E-state index contributed by atoms with van der Waals surface area (Å²) in [5.74, 6) is -1.13. The average molecular weight is 404 g/mol. The van der Waals surface area contributed by atoms with E-state index in [1.807, 2.05) is 13.0 Å². The zero-order valence-electron chi connectivity index (χ0n) is 16.1. The van der Waals surface area contributed by atoms with Crippen LogP contribution in [0.2, 0.25) is 0 Å². The maximum atomic E-state index is 12.4. The van der Waals surface area contributed by atoms with Crippen LogP contribution >= 0.6 is 0 Å². The van der Waals surface area contributed by atoms with Crippen LogP contribution in [0, 0.1) is 13.8 Å². The molecule has 8 heteroatoms. The van der Waals surface area contributed by atoms with Gasteiger partial charge in [-0.1, -0.05) is 35.9 Å². The van der Waals surface area contributed by atoms with Gasteiger partial charge in [-0.3, -0.25) is 9.59 Å². The molecular weight excluding hydrogens is 380 g/mol. The van der Waals surface area contributed by atoms with Crippen molar-refractivity contribution in [3.8, 4) is 0 Å². The van der Waals surface area contributed by atoms with Crippen LogP contribution < -0.4 is 10.0 Å². The van der Waals surface area contributed by atoms with Gasteiger partial charge in [-0.2, -0.15) is 0 Å². The number of aryl methyl sites for hydroxylation is 2. The van der Waals surface area contributed by atoms with E-state index < -0.39 is 28.0 Å². The second-order valence-electron chi connectivity index (χ2n) is 6.40. The topological polar surface area (TPSA) is 102 Å². The highest BCUT2D eigenvalue weighted by Crippen LogP contribution is 2.16. The quantitative estimate of drug-likeness (QED) is 0.659. The number of nitrogens with one attached hydrogen (secondary N) is 2. The number of anilines is 1. The second-order valence-corrected chi connectivity index (χ2v) is 8.14. The molecule has 0 fully saturated rings. The molecule has 0 aliphatic heterocycles. The minimum absolute atomic E-state index is 0.124. The molecule has 1 amide bonds. The second kappa shape index (κ2) is 9.48. The molecule has 0 bridgehead atoms. The van der Waals surface area contributed by atoms with Crippen LogP contribution in [0.25, 0.3) is 0 Å². The number of hydrogen-bond acceptors (Lipinski definition) is 5. The van der Waals surface area contributed by atoms with Crippen molar-refractivity contribution in [2.75, 3.05) is 11.9 Å². The van der Waals surface area contributed by atoms with Crippen LogP contribution in [0.3, 0.4) is 0 Å². The van der Waals surface area contributed by atoms with E-state index in [0.29, 0.717) is 11.3 Å². The number of sulfonamides is 1. The highest BCUT2D eigenvalue weighted by atomic mass is 32.2. The van der Waals surface area contributed by atoms with Crippen LogP contribution in [0.4, 0.5) is 5.69 Å². The van der Waals surface area contributed by atoms with Crippen LogP contribution in [-0.2, 0) is 24.3 Å². The molecule has 2 aromatic carbocycles. The number of carbonyl (C=O) groups is 2. The Kier molecular flexibility index (Phi) is 7.31.